The Morgan fingerprint density at radius 3 is 2.76 bits per heavy atom. The fraction of sp³-hybridized carbons (Fsp3) is 0.407. The van der Waals surface area contributed by atoms with Gasteiger partial charge in [-0.25, -0.2) is 9.97 Å². The second-order valence-electron chi connectivity index (χ2n) is 9.75. The van der Waals surface area contributed by atoms with Crippen molar-refractivity contribution in [1.82, 2.24) is 14.9 Å². The molecule has 6 nitrogen and oxygen atoms in total. The van der Waals surface area contributed by atoms with Crippen LogP contribution in [0.1, 0.15) is 38.3 Å². The van der Waals surface area contributed by atoms with Crippen molar-refractivity contribution in [3.8, 4) is 28.0 Å². The number of anilines is 2. The van der Waals surface area contributed by atoms with Gasteiger partial charge < -0.3 is 20.3 Å². The Hall–Kier alpha value is -3.08. The van der Waals surface area contributed by atoms with Crippen LogP contribution in [0.25, 0.3) is 10.4 Å². The van der Waals surface area contributed by atoms with E-state index in [4.69, 9.17) is 10.5 Å². The largest absolute Gasteiger partial charge is 0.485 e. The molecule has 3 heterocycles. The summed E-state index contributed by atoms with van der Waals surface area (Å²) >= 11 is 1.69. The number of aromatic nitrogens is 2. The van der Waals surface area contributed by atoms with Crippen LogP contribution in [-0.4, -0.2) is 48.1 Å². The average molecular weight is 476 g/mol. The molecule has 0 radical (unpaired) electrons. The Labute approximate surface area is 206 Å². The van der Waals surface area contributed by atoms with Gasteiger partial charge in [0.1, 0.15) is 6.61 Å². The Balaban J connectivity index is 1.46. The quantitative estimate of drug-likeness (QED) is 0.529. The fourth-order valence-corrected chi connectivity index (χ4v) is 4.60. The lowest BCUT2D eigenvalue weighted by molar-refractivity contribution is 0.307. The van der Waals surface area contributed by atoms with E-state index in [-0.39, 0.29) is 5.41 Å². The molecule has 1 aliphatic rings. The molecule has 34 heavy (non-hydrogen) atoms. The Morgan fingerprint density at radius 2 is 1.94 bits per heavy atom. The summed E-state index contributed by atoms with van der Waals surface area (Å²) < 4.78 is 6.07. The van der Waals surface area contributed by atoms with Gasteiger partial charge in [-0.15, -0.1) is 0 Å². The zero-order valence-electron chi connectivity index (χ0n) is 20.5. The summed E-state index contributed by atoms with van der Waals surface area (Å²) in [5.74, 6) is 7.48. The van der Waals surface area contributed by atoms with Crippen LogP contribution in [0.5, 0.6) is 5.75 Å². The molecule has 4 rings (SSSR count). The van der Waals surface area contributed by atoms with Crippen molar-refractivity contribution in [3.63, 3.8) is 0 Å². The standard InChI is InChI=1S/C27H33N5OS/c1-27(2,3)10-9-20-7-5-8-21(15-20)19-33-23-16-22(17-29-25(23)28)24-18-30-26(34-24)32-12-6-11-31(4)13-14-32/h5,7-8,15-18H,6,11-14,19H2,1-4H3,(H2,28,29). The van der Waals surface area contributed by atoms with Gasteiger partial charge in [0.25, 0.3) is 0 Å². The molecular weight excluding hydrogens is 442 g/mol. The van der Waals surface area contributed by atoms with Crippen LogP contribution in [0.3, 0.4) is 0 Å². The molecule has 1 saturated heterocycles. The van der Waals surface area contributed by atoms with E-state index < -0.39 is 0 Å². The van der Waals surface area contributed by atoms with Crippen molar-refractivity contribution in [1.29, 1.82) is 0 Å². The summed E-state index contributed by atoms with van der Waals surface area (Å²) in [5, 5.41) is 1.05. The maximum atomic E-state index is 6.13. The molecule has 2 aromatic heterocycles. The first-order valence-electron chi connectivity index (χ1n) is 11.7. The van der Waals surface area contributed by atoms with Gasteiger partial charge in [0.15, 0.2) is 16.7 Å². The summed E-state index contributed by atoms with van der Waals surface area (Å²) in [5.41, 5.74) is 9.07. The average Bonchev–Trinajstić information content (AvgIpc) is 3.19. The number of ether oxygens (including phenoxy) is 1. The lowest BCUT2D eigenvalue weighted by Crippen LogP contribution is -2.28. The van der Waals surface area contributed by atoms with E-state index >= 15 is 0 Å². The Morgan fingerprint density at radius 1 is 1.09 bits per heavy atom. The first-order valence-corrected chi connectivity index (χ1v) is 12.5. The molecule has 178 valence electrons. The molecule has 1 aliphatic heterocycles. The number of hydrogen-bond acceptors (Lipinski definition) is 7. The molecule has 3 aromatic rings. The van der Waals surface area contributed by atoms with E-state index in [9.17, 15) is 0 Å². The number of nitrogen functional groups attached to an aromatic ring is 1. The van der Waals surface area contributed by atoms with Crippen molar-refractivity contribution in [2.45, 2.75) is 33.8 Å². The maximum absolute atomic E-state index is 6.13. The first-order chi connectivity index (χ1) is 16.3. The number of benzene rings is 1. The molecule has 0 amide bonds. The van der Waals surface area contributed by atoms with Crippen LogP contribution in [0.2, 0.25) is 0 Å². The van der Waals surface area contributed by atoms with Gasteiger partial charge in [0, 0.05) is 48.6 Å². The summed E-state index contributed by atoms with van der Waals surface area (Å²) in [6.07, 6.45) is 4.86. The molecule has 2 N–H and O–H groups in total. The molecule has 0 bridgehead atoms. The summed E-state index contributed by atoms with van der Waals surface area (Å²) in [7, 11) is 2.17. The van der Waals surface area contributed by atoms with Crippen LogP contribution in [0.4, 0.5) is 10.9 Å². The molecular formula is C27H33N5OS. The minimum absolute atomic E-state index is 0.0346. The molecule has 0 spiro atoms. The van der Waals surface area contributed by atoms with Crippen molar-refractivity contribution in [3.05, 3.63) is 53.9 Å². The van der Waals surface area contributed by atoms with Crippen LogP contribution >= 0.6 is 11.3 Å². The molecule has 0 saturated carbocycles. The zero-order chi connectivity index (χ0) is 24.1. The second-order valence-corrected chi connectivity index (χ2v) is 10.8. The van der Waals surface area contributed by atoms with Crippen LogP contribution in [-0.2, 0) is 6.61 Å². The van der Waals surface area contributed by atoms with Gasteiger partial charge in [-0.3, -0.25) is 0 Å². The highest BCUT2D eigenvalue weighted by molar-refractivity contribution is 7.18. The number of pyridine rings is 1. The minimum Gasteiger partial charge on any atom is -0.485 e. The molecule has 7 heteroatoms. The van der Waals surface area contributed by atoms with E-state index in [1.165, 1.54) is 0 Å². The van der Waals surface area contributed by atoms with Gasteiger partial charge in [0.2, 0.25) is 0 Å². The van der Waals surface area contributed by atoms with Gasteiger partial charge >= 0.3 is 0 Å². The topological polar surface area (TPSA) is 67.5 Å². The third kappa shape index (κ3) is 6.49. The SMILES string of the molecule is CN1CCCN(c2ncc(-c3cnc(N)c(OCc4cccc(C#CC(C)(C)C)c4)c3)s2)CC1. The Kier molecular flexibility index (Phi) is 7.40. The highest BCUT2D eigenvalue weighted by atomic mass is 32.1. The molecule has 1 aromatic carbocycles. The van der Waals surface area contributed by atoms with Gasteiger partial charge in [-0.2, -0.15) is 0 Å². The van der Waals surface area contributed by atoms with E-state index in [0.29, 0.717) is 18.2 Å². The smallest absolute Gasteiger partial charge is 0.185 e. The molecule has 0 unspecified atom stereocenters. The summed E-state index contributed by atoms with van der Waals surface area (Å²) in [6.45, 7) is 10.9. The highest BCUT2D eigenvalue weighted by Crippen LogP contribution is 2.34. The Bertz CT molecular complexity index is 1190. The highest BCUT2D eigenvalue weighted by Gasteiger charge is 2.17. The summed E-state index contributed by atoms with van der Waals surface area (Å²) in [4.78, 5) is 14.9. The first kappa shape index (κ1) is 24.1. The predicted octanol–water partition coefficient (Wildman–Crippen LogP) is 4.91. The maximum Gasteiger partial charge on any atom is 0.185 e. The zero-order valence-corrected chi connectivity index (χ0v) is 21.3. The monoisotopic (exact) mass is 475 g/mol. The van der Waals surface area contributed by atoms with Gasteiger partial charge in [-0.05, 0) is 64.5 Å². The van der Waals surface area contributed by atoms with Crippen LogP contribution in [0, 0.1) is 17.3 Å². The molecule has 0 atom stereocenters. The van der Waals surface area contributed by atoms with E-state index in [2.05, 4.69) is 65.5 Å². The van der Waals surface area contributed by atoms with Gasteiger partial charge in [-0.1, -0.05) is 35.3 Å². The van der Waals surface area contributed by atoms with Crippen molar-refractivity contribution in [2.75, 3.05) is 43.9 Å². The predicted molar refractivity (Wildman–Crippen MR) is 141 cm³/mol. The second kappa shape index (κ2) is 10.5. The minimum atomic E-state index is -0.0346. The van der Waals surface area contributed by atoms with Crippen molar-refractivity contribution in [2.24, 2.45) is 5.41 Å². The van der Waals surface area contributed by atoms with E-state index in [1.54, 1.807) is 17.5 Å². The van der Waals surface area contributed by atoms with Crippen LogP contribution < -0.4 is 15.4 Å². The van der Waals surface area contributed by atoms with E-state index in [0.717, 1.165) is 59.3 Å². The number of hydrogen-bond donors (Lipinski definition) is 1. The normalized spacial score (nSPS) is 14.9. The third-order valence-corrected chi connectivity index (χ3v) is 6.66. The van der Waals surface area contributed by atoms with Crippen molar-refractivity contribution < 1.29 is 4.74 Å². The van der Waals surface area contributed by atoms with Crippen LogP contribution in [0.15, 0.2) is 42.7 Å². The lowest BCUT2D eigenvalue weighted by atomic mass is 9.97. The number of nitrogens with zero attached hydrogens (tertiary/aromatic N) is 4. The van der Waals surface area contributed by atoms with Crippen molar-refractivity contribution >= 4 is 22.3 Å². The lowest BCUT2D eigenvalue weighted by Gasteiger charge is -2.19. The van der Waals surface area contributed by atoms with E-state index in [1.807, 2.05) is 30.5 Å². The van der Waals surface area contributed by atoms with Gasteiger partial charge in [0.05, 0.1) is 4.88 Å². The fourth-order valence-electron chi connectivity index (χ4n) is 3.65. The number of rotatable bonds is 5. The number of thiazole rings is 1. The summed E-state index contributed by atoms with van der Waals surface area (Å²) in [6, 6.07) is 10.1. The third-order valence-electron chi connectivity index (χ3n) is 5.55. The number of likely N-dealkylation sites (N-methyl/N-ethyl adjacent to an activating group) is 1. The molecule has 0 aliphatic carbocycles. The number of nitrogens with two attached hydrogens (primary N) is 1. The molecule has 1 fully saturated rings.